The molecule has 0 N–H and O–H groups in total. The van der Waals surface area contributed by atoms with E-state index in [4.69, 9.17) is 4.74 Å². The van der Waals surface area contributed by atoms with Gasteiger partial charge < -0.3 is 4.74 Å². The lowest BCUT2D eigenvalue weighted by Crippen LogP contribution is -2.15. The largest absolute Gasteiger partial charge is 0.496 e. The van der Waals surface area contributed by atoms with E-state index in [9.17, 15) is 4.79 Å². The Bertz CT molecular complexity index is 608. The van der Waals surface area contributed by atoms with Crippen molar-refractivity contribution in [2.45, 2.75) is 25.7 Å². The molecule has 0 amide bonds. The van der Waals surface area contributed by atoms with Crippen LogP contribution >= 0.6 is 15.9 Å². The van der Waals surface area contributed by atoms with Crippen LogP contribution in [0.15, 0.2) is 53.0 Å². The molecule has 0 saturated heterocycles. The minimum absolute atomic E-state index is 0.0603. The van der Waals surface area contributed by atoms with Crippen LogP contribution in [-0.2, 0) is 11.2 Å². The first-order chi connectivity index (χ1) is 10.2. The van der Waals surface area contributed by atoms with E-state index < -0.39 is 0 Å². The highest BCUT2D eigenvalue weighted by molar-refractivity contribution is 9.10. The molecule has 0 aliphatic carbocycles. The van der Waals surface area contributed by atoms with E-state index in [1.165, 1.54) is 0 Å². The molecule has 2 aromatic carbocycles. The first-order valence-corrected chi connectivity index (χ1v) is 7.85. The molecule has 0 heterocycles. The molecule has 1 unspecified atom stereocenters. The molecule has 110 valence electrons. The molecule has 0 bridgehead atoms. The summed E-state index contributed by atoms with van der Waals surface area (Å²) in [7, 11) is 1.63. The van der Waals surface area contributed by atoms with Crippen LogP contribution in [0.4, 0.5) is 0 Å². The van der Waals surface area contributed by atoms with Gasteiger partial charge in [-0.05, 0) is 30.2 Å². The number of carbonyl (C=O) groups is 1. The van der Waals surface area contributed by atoms with Crippen LogP contribution in [-0.4, -0.2) is 12.9 Å². The van der Waals surface area contributed by atoms with Crippen molar-refractivity contribution in [1.29, 1.82) is 0 Å². The standard InChI is InChI=1S/C18H19BrO2/c1-3-16(13-7-5-4-6-8-13)17(20)12-14-11-15(19)9-10-18(14)21-2/h4-11,16H,3,12H2,1-2H3. The maximum absolute atomic E-state index is 12.7. The fraction of sp³-hybridized carbons (Fsp3) is 0.278. The average molecular weight is 347 g/mol. The van der Waals surface area contributed by atoms with Gasteiger partial charge in [-0.1, -0.05) is 53.2 Å². The average Bonchev–Trinajstić information content (AvgIpc) is 2.49. The van der Waals surface area contributed by atoms with Crippen molar-refractivity contribution in [2.24, 2.45) is 0 Å². The van der Waals surface area contributed by atoms with Crippen LogP contribution in [0.2, 0.25) is 0 Å². The Morgan fingerprint density at radius 3 is 2.52 bits per heavy atom. The SMILES string of the molecule is CCC(C(=O)Cc1cc(Br)ccc1OC)c1ccccc1. The van der Waals surface area contributed by atoms with E-state index in [1.807, 2.05) is 55.5 Å². The highest BCUT2D eigenvalue weighted by Crippen LogP contribution is 2.27. The molecule has 1 atom stereocenters. The van der Waals surface area contributed by atoms with E-state index in [-0.39, 0.29) is 11.7 Å². The van der Waals surface area contributed by atoms with E-state index in [1.54, 1.807) is 7.11 Å². The summed E-state index contributed by atoms with van der Waals surface area (Å²) in [6, 6.07) is 15.7. The van der Waals surface area contributed by atoms with Crippen molar-refractivity contribution in [2.75, 3.05) is 7.11 Å². The van der Waals surface area contributed by atoms with Crippen LogP contribution in [0.3, 0.4) is 0 Å². The van der Waals surface area contributed by atoms with Gasteiger partial charge >= 0.3 is 0 Å². The van der Waals surface area contributed by atoms with Crippen molar-refractivity contribution in [3.8, 4) is 5.75 Å². The number of hydrogen-bond donors (Lipinski definition) is 0. The normalized spacial score (nSPS) is 12.0. The molecule has 0 aliphatic heterocycles. The van der Waals surface area contributed by atoms with E-state index in [2.05, 4.69) is 15.9 Å². The van der Waals surface area contributed by atoms with Crippen molar-refractivity contribution in [3.63, 3.8) is 0 Å². The zero-order valence-electron chi connectivity index (χ0n) is 12.3. The Hall–Kier alpha value is -1.61. The van der Waals surface area contributed by atoms with Crippen molar-refractivity contribution in [1.82, 2.24) is 0 Å². The maximum Gasteiger partial charge on any atom is 0.144 e. The number of methoxy groups -OCH3 is 1. The Balaban J connectivity index is 2.22. The van der Waals surface area contributed by atoms with Gasteiger partial charge in [0.25, 0.3) is 0 Å². The molecule has 2 aromatic rings. The minimum Gasteiger partial charge on any atom is -0.496 e. The van der Waals surface area contributed by atoms with Crippen LogP contribution in [0.25, 0.3) is 0 Å². The molecule has 0 saturated carbocycles. The molecule has 2 rings (SSSR count). The van der Waals surface area contributed by atoms with Crippen LogP contribution in [0.1, 0.15) is 30.4 Å². The van der Waals surface area contributed by atoms with Gasteiger partial charge in [-0.25, -0.2) is 0 Å². The summed E-state index contributed by atoms with van der Waals surface area (Å²) in [6.07, 6.45) is 1.19. The Labute approximate surface area is 134 Å². The summed E-state index contributed by atoms with van der Waals surface area (Å²) in [4.78, 5) is 12.7. The predicted octanol–water partition coefficient (Wildman–Crippen LogP) is 4.76. The van der Waals surface area contributed by atoms with Gasteiger partial charge in [0, 0.05) is 22.4 Å². The molecule has 0 radical (unpaired) electrons. The summed E-state index contributed by atoms with van der Waals surface area (Å²) >= 11 is 3.45. The van der Waals surface area contributed by atoms with Crippen LogP contribution < -0.4 is 4.74 Å². The van der Waals surface area contributed by atoms with Crippen LogP contribution in [0, 0.1) is 0 Å². The molecule has 2 nitrogen and oxygen atoms in total. The molecule has 3 heteroatoms. The van der Waals surface area contributed by atoms with E-state index >= 15 is 0 Å². The number of hydrogen-bond acceptors (Lipinski definition) is 2. The van der Waals surface area contributed by atoms with Gasteiger partial charge in [0.05, 0.1) is 7.11 Å². The molecule has 0 aromatic heterocycles. The van der Waals surface area contributed by atoms with Gasteiger partial charge in [0.1, 0.15) is 11.5 Å². The molecule has 0 spiro atoms. The first-order valence-electron chi connectivity index (χ1n) is 7.05. The number of ketones is 1. The second kappa shape index (κ2) is 7.41. The van der Waals surface area contributed by atoms with E-state index in [0.717, 1.165) is 27.8 Å². The lowest BCUT2D eigenvalue weighted by Gasteiger charge is -2.15. The second-order valence-corrected chi connectivity index (χ2v) is 5.89. The third kappa shape index (κ3) is 3.94. The predicted molar refractivity (Wildman–Crippen MR) is 88.9 cm³/mol. The van der Waals surface area contributed by atoms with Gasteiger partial charge in [-0.3, -0.25) is 4.79 Å². The monoisotopic (exact) mass is 346 g/mol. The summed E-state index contributed by atoms with van der Waals surface area (Å²) in [5.74, 6) is 0.921. The smallest absolute Gasteiger partial charge is 0.144 e. The van der Waals surface area contributed by atoms with Gasteiger partial charge in [-0.15, -0.1) is 0 Å². The highest BCUT2D eigenvalue weighted by atomic mass is 79.9. The second-order valence-electron chi connectivity index (χ2n) is 4.97. The topological polar surface area (TPSA) is 26.3 Å². The third-order valence-electron chi connectivity index (χ3n) is 3.61. The molecule has 21 heavy (non-hydrogen) atoms. The number of benzene rings is 2. The van der Waals surface area contributed by atoms with Crippen molar-refractivity contribution >= 4 is 21.7 Å². The van der Waals surface area contributed by atoms with Gasteiger partial charge in [0.15, 0.2) is 0 Å². The molecular formula is C18H19BrO2. The lowest BCUT2D eigenvalue weighted by atomic mass is 9.89. The van der Waals surface area contributed by atoms with Crippen LogP contribution in [0.5, 0.6) is 5.75 Å². The van der Waals surface area contributed by atoms with Gasteiger partial charge in [0.2, 0.25) is 0 Å². The number of Topliss-reactive ketones (excluding diaryl/α,β-unsaturated/α-hetero) is 1. The van der Waals surface area contributed by atoms with E-state index in [0.29, 0.717) is 6.42 Å². The Morgan fingerprint density at radius 2 is 1.90 bits per heavy atom. The molecular weight excluding hydrogens is 328 g/mol. The fourth-order valence-electron chi connectivity index (χ4n) is 2.53. The number of ether oxygens (including phenoxy) is 1. The summed E-state index contributed by atoms with van der Waals surface area (Å²) in [6.45, 7) is 2.05. The minimum atomic E-state index is -0.0603. The number of halogens is 1. The van der Waals surface area contributed by atoms with Gasteiger partial charge in [-0.2, -0.15) is 0 Å². The quantitative estimate of drug-likeness (QED) is 0.753. The first kappa shape index (κ1) is 15.8. The van der Waals surface area contributed by atoms with Crippen molar-refractivity contribution < 1.29 is 9.53 Å². The molecule has 0 fully saturated rings. The zero-order chi connectivity index (χ0) is 15.2. The molecule has 0 aliphatic rings. The summed E-state index contributed by atoms with van der Waals surface area (Å²) in [5, 5.41) is 0. The van der Waals surface area contributed by atoms with Crippen molar-refractivity contribution in [3.05, 3.63) is 64.1 Å². The number of rotatable bonds is 6. The zero-order valence-corrected chi connectivity index (χ0v) is 13.9. The third-order valence-corrected chi connectivity index (χ3v) is 4.10. The Kier molecular flexibility index (Phi) is 5.57. The summed E-state index contributed by atoms with van der Waals surface area (Å²) < 4.78 is 6.30. The number of carbonyl (C=O) groups excluding carboxylic acids is 1. The highest BCUT2D eigenvalue weighted by Gasteiger charge is 2.20. The Morgan fingerprint density at radius 1 is 1.19 bits per heavy atom. The fourth-order valence-corrected chi connectivity index (χ4v) is 2.94. The maximum atomic E-state index is 12.7. The summed E-state index contributed by atoms with van der Waals surface area (Å²) in [5.41, 5.74) is 2.00. The lowest BCUT2D eigenvalue weighted by molar-refractivity contribution is -0.119.